The molecule has 1 saturated heterocycles. The number of aromatic nitrogens is 2. The average Bonchev–Trinajstić information content (AvgIpc) is 3.30. The SMILES string of the molecule is Cc1nn(C)c(Cl)c1/C=C/C(=O)NC1CCC(=O)NC1C1CC1. The molecule has 2 fully saturated rings. The van der Waals surface area contributed by atoms with Crippen molar-refractivity contribution in [1.82, 2.24) is 20.4 Å². The van der Waals surface area contributed by atoms with Crippen LogP contribution in [0.3, 0.4) is 0 Å². The Bertz CT molecular complexity index is 663. The van der Waals surface area contributed by atoms with Gasteiger partial charge < -0.3 is 10.6 Å². The summed E-state index contributed by atoms with van der Waals surface area (Å²) in [4.78, 5) is 23.8. The molecule has 1 aromatic rings. The number of rotatable bonds is 4. The van der Waals surface area contributed by atoms with E-state index in [2.05, 4.69) is 15.7 Å². The van der Waals surface area contributed by atoms with Crippen LogP contribution >= 0.6 is 11.6 Å². The first-order chi connectivity index (χ1) is 11.0. The maximum Gasteiger partial charge on any atom is 0.244 e. The second-order valence-corrected chi connectivity index (χ2v) is 6.69. The third kappa shape index (κ3) is 3.58. The number of piperidine rings is 1. The van der Waals surface area contributed by atoms with E-state index in [4.69, 9.17) is 11.6 Å². The highest BCUT2D eigenvalue weighted by Gasteiger charge is 2.40. The molecule has 2 atom stereocenters. The Kier molecular flexibility index (Phi) is 4.43. The van der Waals surface area contributed by atoms with Crippen LogP contribution in [0.2, 0.25) is 5.15 Å². The van der Waals surface area contributed by atoms with Crippen LogP contribution < -0.4 is 10.6 Å². The number of nitrogens with zero attached hydrogens (tertiary/aromatic N) is 2. The lowest BCUT2D eigenvalue weighted by Gasteiger charge is -2.32. The Morgan fingerprint density at radius 3 is 2.78 bits per heavy atom. The van der Waals surface area contributed by atoms with E-state index in [9.17, 15) is 9.59 Å². The highest BCUT2D eigenvalue weighted by atomic mass is 35.5. The molecule has 0 aromatic carbocycles. The van der Waals surface area contributed by atoms with Crippen molar-refractivity contribution in [2.75, 3.05) is 0 Å². The first-order valence-electron chi connectivity index (χ1n) is 7.92. The molecule has 2 amide bonds. The summed E-state index contributed by atoms with van der Waals surface area (Å²) in [6.07, 6.45) is 6.57. The molecular formula is C16H21ClN4O2. The monoisotopic (exact) mass is 336 g/mol. The van der Waals surface area contributed by atoms with Crippen molar-refractivity contribution in [2.45, 2.75) is 44.7 Å². The molecule has 0 spiro atoms. The molecule has 2 unspecified atom stereocenters. The molecule has 1 aliphatic heterocycles. The van der Waals surface area contributed by atoms with Gasteiger partial charge in [-0.3, -0.25) is 14.3 Å². The summed E-state index contributed by atoms with van der Waals surface area (Å²) in [6.45, 7) is 1.85. The van der Waals surface area contributed by atoms with Crippen molar-refractivity contribution in [2.24, 2.45) is 13.0 Å². The zero-order valence-electron chi connectivity index (χ0n) is 13.3. The molecule has 0 radical (unpaired) electrons. The Balaban J connectivity index is 1.64. The molecule has 124 valence electrons. The van der Waals surface area contributed by atoms with Crippen LogP contribution in [-0.4, -0.2) is 33.7 Å². The van der Waals surface area contributed by atoms with E-state index in [1.807, 2.05) is 6.92 Å². The fourth-order valence-corrected chi connectivity index (χ4v) is 3.35. The standard InChI is InChI=1S/C16H21ClN4O2/c1-9-11(16(17)21(2)20-9)5-7-13(22)18-12-6-8-14(23)19-15(12)10-3-4-10/h5,7,10,12,15H,3-4,6,8H2,1-2H3,(H,18,22)(H,19,23)/b7-5+. The van der Waals surface area contributed by atoms with E-state index in [1.54, 1.807) is 17.8 Å². The lowest BCUT2D eigenvalue weighted by Crippen LogP contribution is -2.56. The van der Waals surface area contributed by atoms with Crippen LogP contribution in [-0.2, 0) is 16.6 Å². The van der Waals surface area contributed by atoms with Gasteiger partial charge in [0.1, 0.15) is 5.15 Å². The number of nitrogens with one attached hydrogen (secondary N) is 2. The van der Waals surface area contributed by atoms with Gasteiger partial charge in [0, 0.05) is 25.1 Å². The van der Waals surface area contributed by atoms with Crippen molar-refractivity contribution >= 4 is 29.5 Å². The number of hydrogen-bond acceptors (Lipinski definition) is 3. The summed E-state index contributed by atoms with van der Waals surface area (Å²) in [5, 5.41) is 10.8. The van der Waals surface area contributed by atoms with Crippen LogP contribution in [0.1, 0.15) is 36.9 Å². The van der Waals surface area contributed by atoms with Crippen molar-refractivity contribution in [3.8, 4) is 0 Å². The quantitative estimate of drug-likeness (QED) is 0.819. The zero-order valence-corrected chi connectivity index (χ0v) is 14.1. The van der Waals surface area contributed by atoms with Crippen LogP contribution in [0.25, 0.3) is 6.08 Å². The van der Waals surface area contributed by atoms with E-state index in [1.165, 1.54) is 6.08 Å². The largest absolute Gasteiger partial charge is 0.351 e. The van der Waals surface area contributed by atoms with E-state index >= 15 is 0 Å². The van der Waals surface area contributed by atoms with Gasteiger partial charge in [-0.15, -0.1) is 0 Å². The third-order valence-electron chi connectivity index (χ3n) is 4.50. The molecule has 7 heteroatoms. The molecular weight excluding hydrogens is 316 g/mol. The predicted molar refractivity (Wildman–Crippen MR) is 87.8 cm³/mol. The van der Waals surface area contributed by atoms with Gasteiger partial charge in [0.15, 0.2) is 0 Å². The first kappa shape index (κ1) is 16.1. The number of carbonyl (C=O) groups excluding carboxylic acids is 2. The van der Waals surface area contributed by atoms with Gasteiger partial charge >= 0.3 is 0 Å². The predicted octanol–water partition coefficient (Wildman–Crippen LogP) is 1.57. The van der Waals surface area contributed by atoms with Crippen molar-refractivity contribution in [1.29, 1.82) is 0 Å². The summed E-state index contributed by atoms with van der Waals surface area (Å²) in [5.41, 5.74) is 1.53. The molecule has 0 bridgehead atoms. The Labute approximate surface area is 140 Å². The summed E-state index contributed by atoms with van der Waals surface area (Å²) in [7, 11) is 1.76. The maximum absolute atomic E-state index is 12.2. The van der Waals surface area contributed by atoms with Crippen LogP contribution in [0, 0.1) is 12.8 Å². The van der Waals surface area contributed by atoms with E-state index < -0.39 is 0 Å². The van der Waals surface area contributed by atoms with Gasteiger partial charge in [-0.2, -0.15) is 5.10 Å². The zero-order chi connectivity index (χ0) is 16.6. The number of carbonyl (C=O) groups is 2. The van der Waals surface area contributed by atoms with Crippen LogP contribution in [0.15, 0.2) is 6.08 Å². The Morgan fingerprint density at radius 2 is 2.17 bits per heavy atom. The van der Waals surface area contributed by atoms with Gasteiger partial charge in [0.25, 0.3) is 0 Å². The summed E-state index contributed by atoms with van der Waals surface area (Å²) >= 11 is 6.15. The molecule has 23 heavy (non-hydrogen) atoms. The van der Waals surface area contributed by atoms with Crippen LogP contribution in [0.4, 0.5) is 0 Å². The van der Waals surface area contributed by atoms with E-state index in [0.717, 1.165) is 24.1 Å². The second-order valence-electron chi connectivity index (χ2n) is 6.33. The van der Waals surface area contributed by atoms with Crippen molar-refractivity contribution in [3.05, 3.63) is 22.5 Å². The lowest BCUT2D eigenvalue weighted by molar-refractivity contribution is -0.125. The highest BCUT2D eigenvalue weighted by Crippen LogP contribution is 2.36. The van der Waals surface area contributed by atoms with Crippen molar-refractivity contribution in [3.63, 3.8) is 0 Å². The van der Waals surface area contributed by atoms with E-state index in [0.29, 0.717) is 23.9 Å². The molecule has 1 aromatic heterocycles. The highest BCUT2D eigenvalue weighted by molar-refractivity contribution is 6.31. The molecule has 1 aliphatic carbocycles. The van der Waals surface area contributed by atoms with Gasteiger partial charge in [-0.25, -0.2) is 0 Å². The molecule has 2 N–H and O–H groups in total. The minimum atomic E-state index is -0.170. The number of aryl methyl sites for hydroxylation is 2. The summed E-state index contributed by atoms with van der Waals surface area (Å²) in [6, 6.07) is 0.0696. The van der Waals surface area contributed by atoms with Gasteiger partial charge in [0.2, 0.25) is 11.8 Å². The Morgan fingerprint density at radius 1 is 1.43 bits per heavy atom. The van der Waals surface area contributed by atoms with E-state index in [-0.39, 0.29) is 23.9 Å². The average molecular weight is 337 g/mol. The maximum atomic E-state index is 12.2. The minimum absolute atomic E-state index is 0.00261. The fourth-order valence-electron chi connectivity index (χ4n) is 3.11. The Hall–Kier alpha value is -1.82. The van der Waals surface area contributed by atoms with Gasteiger partial charge in [-0.1, -0.05) is 11.6 Å². The molecule has 2 heterocycles. The number of amides is 2. The lowest BCUT2D eigenvalue weighted by atomic mass is 9.94. The minimum Gasteiger partial charge on any atom is -0.351 e. The molecule has 6 nitrogen and oxygen atoms in total. The smallest absolute Gasteiger partial charge is 0.244 e. The number of hydrogen-bond donors (Lipinski definition) is 2. The molecule has 1 saturated carbocycles. The second kappa shape index (κ2) is 6.35. The summed E-state index contributed by atoms with van der Waals surface area (Å²) in [5.74, 6) is 0.417. The van der Waals surface area contributed by atoms with Crippen LogP contribution in [0.5, 0.6) is 0 Å². The van der Waals surface area contributed by atoms with Gasteiger partial charge in [0.05, 0.1) is 17.8 Å². The third-order valence-corrected chi connectivity index (χ3v) is 4.95. The molecule has 2 aliphatic rings. The molecule has 3 rings (SSSR count). The normalized spacial score (nSPS) is 24.7. The van der Waals surface area contributed by atoms with Crippen molar-refractivity contribution < 1.29 is 9.59 Å². The summed E-state index contributed by atoms with van der Waals surface area (Å²) < 4.78 is 1.58. The number of halogens is 1. The fraction of sp³-hybridized carbons (Fsp3) is 0.562. The van der Waals surface area contributed by atoms with Gasteiger partial charge in [-0.05, 0) is 38.2 Å². The first-order valence-corrected chi connectivity index (χ1v) is 8.30. The topological polar surface area (TPSA) is 76.0 Å².